The molecule has 1 saturated carbocycles. The van der Waals surface area contributed by atoms with Crippen molar-refractivity contribution in [3.8, 4) is 0 Å². The first-order chi connectivity index (χ1) is 22.4. The van der Waals surface area contributed by atoms with Gasteiger partial charge in [0.25, 0.3) is 0 Å². The largest absolute Gasteiger partial charge is 0.490 e. The van der Waals surface area contributed by atoms with E-state index in [1.807, 2.05) is 67.6 Å². The van der Waals surface area contributed by atoms with Gasteiger partial charge in [-0.1, -0.05) is 79.9 Å². The zero-order valence-corrected chi connectivity index (χ0v) is 28.3. The standard InChI is InChI=1S/C32H44N4O4S.C2HF3O2/c1-4-36(29(37)27(34-30(38)31(2,3)33)20-14-17-24-15-8-5-9-16-24)23-26-28(25-18-10-6-11-19-25)41(39,40)35-32(26)21-12-7-13-22-32;3-2(4,5)1(6)7/h5-6,8-11,15-16,18-19,27,35H,4,7,12-14,17,20-23,33H2,1-3H3,(H,34,38);(H,6,7)/t27-;/m1./s1. The van der Waals surface area contributed by atoms with Crippen molar-refractivity contribution in [1.29, 1.82) is 0 Å². The Balaban J connectivity index is 0.000000804. The molecule has 2 aliphatic rings. The number of nitrogens with two attached hydrogens (primary N) is 1. The fourth-order valence-electron chi connectivity index (χ4n) is 5.96. The maximum absolute atomic E-state index is 14.1. The minimum absolute atomic E-state index is 0.170. The Hall–Kier alpha value is -3.75. The van der Waals surface area contributed by atoms with Crippen LogP contribution >= 0.6 is 0 Å². The molecular formula is C34H45F3N4O6S. The number of carboxylic acids is 1. The van der Waals surface area contributed by atoms with Gasteiger partial charge in [0, 0.05) is 13.1 Å². The lowest BCUT2D eigenvalue weighted by atomic mass is 9.76. The topological polar surface area (TPSA) is 159 Å². The lowest BCUT2D eigenvalue weighted by Crippen LogP contribution is -2.57. The number of carboxylic acid groups (broad SMARTS) is 1. The third-order valence-corrected chi connectivity index (χ3v) is 10.1. The van der Waals surface area contributed by atoms with Crippen molar-refractivity contribution in [1.82, 2.24) is 14.9 Å². The number of alkyl halides is 3. The third kappa shape index (κ3) is 10.1. The number of nitrogens with zero attached hydrogens (tertiary/aromatic N) is 1. The molecule has 10 nitrogen and oxygen atoms in total. The lowest BCUT2D eigenvalue weighted by molar-refractivity contribution is -0.192. The number of aryl methyl sites for hydroxylation is 1. The van der Waals surface area contributed by atoms with Crippen LogP contribution in [-0.4, -0.2) is 72.6 Å². The number of sulfonamides is 1. The molecule has 14 heteroatoms. The highest BCUT2D eigenvalue weighted by molar-refractivity contribution is 7.99. The van der Waals surface area contributed by atoms with Crippen molar-refractivity contribution in [2.24, 2.45) is 5.73 Å². The number of aliphatic carboxylic acids is 1. The number of nitrogens with one attached hydrogen (secondary N) is 2. The number of hydrogen-bond acceptors (Lipinski definition) is 6. The van der Waals surface area contributed by atoms with Gasteiger partial charge in [0.05, 0.1) is 16.0 Å². The average Bonchev–Trinajstić information content (AvgIpc) is 3.23. The predicted molar refractivity (Wildman–Crippen MR) is 177 cm³/mol. The zero-order valence-electron chi connectivity index (χ0n) is 27.5. The molecule has 4 rings (SSSR count). The Labute approximate surface area is 280 Å². The second-order valence-corrected chi connectivity index (χ2v) is 14.3. The maximum Gasteiger partial charge on any atom is 0.490 e. The molecule has 1 aliphatic carbocycles. The number of likely N-dealkylation sites (N-methyl/N-ethyl adjacent to an activating group) is 1. The summed E-state index contributed by atoms with van der Waals surface area (Å²) in [6.45, 7) is 5.66. The molecule has 5 N–H and O–H groups in total. The number of carbonyl (C=O) groups is 3. The van der Waals surface area contributed by atoms with Crippen LogP contribution in [0.4, 0.5) is 13.2 Å². The van der Waals surface area contributed by atoms with E-state index in [0.717, 1.165) is 36.8 Å². The van der Waals surface area contributed by atoms with Gasteiger partial charge in [0.15, 0.2) is 0 Å². The average molecular weight is 695 g/mol. The van der Waals surface area contributed by atoms with Crippen LogP contribution in [-0.2, 0) is 30.8 Å². The van der Waals surface area contributed by atoms with E-state index in [2.05, 4.69) is 10.0 Å². The predicted octanol–water partition coefficient (Wildman–Crippen LogP) is 4.76. The lowest BCUT2D eigenvalue weighted by Gasteiger charge is -2.38. The SMILES string of the molecule is CCN(CC1=C(c2ccccc2)S(=O)(=O)NC12CCCCC2)C(=O)[C@@H](CCCc1ccccc1)NC(=O)C(C)(C)N.O=C(O)C(F)(F)F. The van der Waals surface area contributed by atoms with E-state index in [1.54, 1.807) is 18.7 Å². The molecule has 1 heterocycles. The summed E-state index contributed by atoms with van der Waals surface area (Å²) in [6.07, 6.45) is 1.10. The summed E-state index contributed by atoms with van der Waals surface area (Å²) >= 11 is 0. The zero-order chi connectivity index (χ0) is 35.8. The molecule has 0 radical (unpaired) electrons. The van der Waals surface area contributed by atoms with Crippen LogP contribution in [0.1, 0.15) is 76.8 Å². The highest BCUT2D eigenvalue weighted by Crippen LogP contribution is 2.45. The number of amides is 2. The fourth-order valence-corrected chi connectivity index (χ4v) is 7.94. The van der Waals surface area contributed by atoms with Crippen molar-refractivity contribution in [2.75, 3.05) is 13.1 Å². The summed E-state index contributed by atoms with van der Waals surface area (Å²) in [5, 5.41) is 10.0. The summed E-state index contributed by atoms with van der Waals surface area (Å²) in [7, 11) is -3.77. The van der Waals surface area contributed by atoms with Crippen LogP contribution in [0.5, 0.6) is 0 Å². The molecule has 1 spiro atoms. The van der Waals surface area contributed by atoms with Gasteiger partial charge >= 0.3 is 12.1 Å². The highest BCUT2D eigenvalue weighted by Gasteiger charge is 2.50. The van der Waals surface area contributed by atoms with Gasteiger partial charge in [-0.15, -0.1) is 0 Å². The fraction of sp³-hybridized carbons (Fsp3) is 0.500. The summed E-state index contributed by atoms with van der Waals surface area (Å²) in [6, 6.07) is 18.4. The molecule has 1 aliphatic heterocycles. The van der Waals surface area contributed by atoms with E-state index in [9.17, 15) is 31.2 Å². The first-order valence-electron chi connectivity index (χ1n) is 16.0. The van der Waals surface area contributed by atoms with Gasteiger partial charge in [-0.2, -0.15) is 13.2 Å². The summed E-state index contributed by atoms with van der Waals surface area (Å²) in [5.41, 5.74) is 6.75. The molecule has 1 fully saturated rings. The van der Waals surface area contributed by atoms with Gasteiger partial charge in [0.2, 0.25) is 21.8 Å². The van der Waals surface area contributed by atoms with Crippen molar-refractivity contribution in [3.05, 3.63) is 77.4 Å². The van der Waals surface area contributed by atoms with E-state index < -0.39 is 45.2 Å². The Kier molecular flexibility index (Phi) is 13.0. The van der Waals surface area contributed by atoms with Crippen LogP contribution in [0.3, 0.4) is 0 Å². The molecule has 0 saturated heterocycles. The highest BCUT2D eigenvalue weighted by atomic mass is 32.2. The molecular weight excluding hydrogens is 649 g/mol. The van der Waals surface area contributed by atoms with Crippen molar-refractivity contribution in [2.45, 2.75) is 95.4 Å². The molecule has 2 aromatic rings. The first-order valence-corrected chi connectivity index (χ1v) is 17.5. The number of benzene rings is 2. The summed E-state index contributed by atoms with van der Waals surface area (Å²) in [4.78, 5) is 37.9. The van der Waals surface area contributed by atoms with Crippen LogP contribution in [0, 0.1) is 0 Å². The Morgan fingerprint density at radius 2 is 1.54 bits per heavy atom. The van der Waals surface area contributed by atoms with Crippen molar-refractivity contribution < 1.29 is 41.1 Å². The van der Waals surface area contributed by atoms with Crippen LogP contribution in [0.15, 0.2) is 66.2 Å². The second-order valence-electron chi connectivity index (χ2n) is 12.7. The molecule has 0 bridgehead atoms. The number of rotatable bonds is 11. The smallest absolute Gasteiger partial charge is 0.475 e. The van der Waals surface area contributed by atoms with E-state index in [-0.39, 0.29) is 17.4 Å². The van der Waals surface area contributed by atoms with Crippen molar-refractivity contribution >= 4 is 32.7 Å². The van der Waals surface area contributed by atoms with Crippen LogP contribution in [0.2, 0.25) is 0 Å². The summed E-state index contributed by atoms with van der Waals surface area (Å²) < 4.78 is 62.0. The molecule has 0 aromatic heterocycles. The van der Waals surface area contributed by atoms with E-state index in [4.69, 9.17) is 15.6 Å². The monoisotopic (exact) mass is 694 g/mol. The first kappa shape index (κ1) is 38.7. The number of hydrogen-bond donors (Lipinski definition) is 4. The Morgan fingerprint density at radius 3 is 2.04 bits per heavy atom. The van der Waals surface area contributed by atoms with Gasteiger partial charge in [-0.05, 0) is 69.6 Å². The Bertz CT molecular complexity index is 1550. The molecule has 0 unspecified atom stereocenters. The quantitative estimate of drug-likeness (QED) is 0.264. The third-order valence-electron chi connectivity index (χ3n) is 8.47. The normalized spacial score (nSPS) is 17.6. The second kappa shape index (κ2) is 16.1. The summed E-state index contributed by atoms with van der Waals surface area (Å²) in [5.74, 6) is -3.38. The molecule has 2 amide bonds. The maximum atomic E-state index is 14.1. The van der Waals surface area contributed by atoms with Gasteiger partial charge in [-0.3, -0.25) is 9.59 Å². The molecule has 2 aromatic carbocycles. The van der Waals surface area contributed by atoms with Gasteiger partial charge in [-0.25, -0.2) is 17.9 Å². The van der Waals surface area contributed by atoms with E-state index >= 15 is 0 Å². The Morgan fingerprint density at radius 1 is 1.00 bits per heavy atom. The van der Waals surface area contributed by atoms with Crippen LogP contribution < -0.4 is 15.8 Å². The van der Waals surface area contributed by atoms with Crippen LogP contribution in [0.25, 0.3) is 4.91 Å². The minimum atomic E-state index is -5.08. The van der Waals surface area contributed by atoms with Gasteiger partial charge < -0.3 is 21.1 Å². The number of halogens is 3. The van der Waals surface area contributed by atoms with E-state index in [0.29, 0.717) is 37.8 Å². The van der Waals surface area contributed by atoms with Crippen molar-refractivity contribution in [3.63, 3.8) is 0 Å². The van der Waals surface area contributed by atoms with E-state index in [1.165, 1.54) is 0 Å². The minimum Gasteiger partial charge on any atom is -0.475 e. The molecule has 48 heavy (non-hydrogen) atoms. The number of carbonyl (C=O) groups excluding carboxylic acids is 2. The molecule has 1 atom stereocenters. The molecule has 264 valence electrons. The van der Waals surface area contributed by atoms with Gasteiger partial charge in [0.1, 0.15) is 6.04 Å².